The molecule has 33 heavy (non-hydrogen) atoms. The molecule has 1 fully saturated rings. The molecule has 0 bridgehead atoms. The Bertz CT molecular complexity index is 1150. The number of nitrogens with one attached hydrogen (secondary N) is 1. The standard InChI is InChI=1S/C20H31N4O7PS/c1-5-11(6-2)32(28,29)31-20(4,7-3)8-13-15(26)16(27)18(30-13)24-10-12-17(23-19(24)33)22-14(25)9-21-12/h9-11,13,15-16,18,26-27H,5-8H2,1-4H3,(H,28,29)(H,22,23,25,33)/t13-,15?,16+,18-,20?/m1/s1. The minimum Gasteiger partial charge on any atom is -0.388 e. The molecule has 2 aromatic heterocycles. The highest BCUT2D eigenvalue weighted by Gasteiger charge is 2.48. The van der Waals surface area contributed by atoms with E-state index in [1.165, 1.54) is 10.8 Å². The third-order valence-corrected chi connectivity index (χ3v) is 8.90. The van der Waals surface area contributed by atoms with Crippen molar-refractivity contribution in [3.8, 4) is 0 Å². The first-order chi connectivity index (χ1) is 15.4. The maximum absolute atomic E-state index is 12.9. The minimum atomic E-state index is -3.91. The Morgan fingerprint density at radius 3 is 2.61 bits per heavy atom. The first-order valence-electron chi connectivity index (χ1n) is 11.0. The van der Waals surface area contributed by atoms with Crippen LogP contribution < -0.4 is 5.56 Å². The molecule has 184 valence electrons. The first-order valence-corrected chi connectivity index (χ1v) is 13.0. The zero-order valence-electron chi connectivity index (χ0n) is 19.0. The van der Waals surface area contributed by atoms with Crippen molar-refractivity contribution in [1.82, 2.24) is 19.5 Å². The molecule has 0 amide bonds. The Morgan fingerprint density at radius 2 is 2.00 bits per heavy atom. The molecule has 4 N–H and O–H groups in total. The van der Waals surface area contributed by atoms with Crippen LogP contribution in [-0.4, -0.2) is 64.2 Å². The Kier molecular flexibility index (Phi) is 7.89. The van der Waals surface area contributed by atoms with Crippen molar-refractivity contribution in [1.29, 1.82) is 0 Å². The molecule has 1 saturated heterocycles. The van der Waals surface area contributed by atoms with Crippen LogP contribution in [0.2, 0.25) is 0 Å². The van der Waals surface area contributed by atoms with Crippen molar-refractivity contribution >= 4 is 31.0 Å². The normalized spacial score (nSPS) is 27.0. The molecular formula is C20H31N4O7PS. The number of fused-ring (bicyclic) bond motifs is 1. The summed E-state index contributed by atoms with van der Waals surface area (Å²) in [4.78, 5) is 32.7. The average Bonchev–Trinajstić information content (AvgIpc) is 3.01. The van der Waals surface area contributed by atoms with E-state index in [9.17, 15) is 24.5 Å². The number of aromatic nitrogens is 4. The molecule has 3 unspecified atom stereocenters. The monoisotopic (exact) mass is 502 g/mol. The summed E-state index contributed by atoms with van der Waals surface area (Å²) in [5.74, 6) is 0. The zero-order valence-corrected chi connectivity index (χ0v) is 20.8. The number of aromatic amines is 1. The highest BCUT2D eigenvalue weighted by molar-refractivity contribution is 7.71. The topological polar surface area (TPSA) is 160 Å². The Balaban J connectivity index is 1.85. The number of nitrogens with zero attached hydrogens (tertiary/aromatic N) is 3. The van der Waals surface area contributed by atoms with Crippen LogP contribution in [0.3, 0.4) is 0 Å². The molecule has 13 heteroatoms. The number of hydrogen-bond donors (Lipinski definition) is 4. The molecule has 2 aromatic rings. The first kappa shape index (κ1) is 26.1. The van der Waals surface area contributed by atoms with E-state index in [0.717, 1.165) is 6.20 Å². The molecule has 6 atom stereocenters. The summed E-state index contributed by atoms with van der Waals surface area (Å²) in [7, 11) is -3.91. The van der Waals surface area contributed by atoms with Gasteiger partial charge in [-0.2, -0.15) is 4.98 Å². The lowest BCUT2D eigenvalue weighted by molar-refractivity contribution is -0.0674. The Labute approximate surface area is 196 Å². The van der Waals surface area contributed by atoms with E-state index in [-0.39, 0.29) is 16.8 Å². The minimum absolute atomic E-state index is 0.0196. The number of aliphatic hydroxyl groups excluding tert-OH is 2. The highest BCUT2D eigenvalue weighted by Crippen LogP contribution is 2.55. The van der Waals surface area contributed by atoms with Crippen molar-refractivity contribution in [3.63, 3.8) is 0 Å². The molecule has 1 aliphatic rings. The molecule has 3 heterocycles. The van der Waals surface area contributed by atoms with E-state index in [1.54, 1.807) is 6.92 Å². The SMILES string of the molecule is CCC(CC)P(=O)(O)OC(C)(CC)C[C@H]1O[C@@H](n2cc3ncc(=O)[nH]c3nc2=S)[C@@H](O)C1O. The quantitative estimate of drug-likeness (QED) is 0.296. The van der Waals surface area contributed by atoms with Gasteiger partial charge in [-0.3, -0.25) is 13.9 Å². The number of hydrogen-bond acceptors (Lipinski definition) is 9. The van der Waals surface area contributed by atoms with Gasteiger partial charge in [0.25, 0.3) is 5.56 Å². The van der Waals surface area contributed by atoms with Crippen LogP contribution in [0.1, 0.15) is 59.6 Å². The summed E-state index contributed by atoms with van der Waals surface area (Å²) in [5, 5.41) is 21.4. The third-order valence-electron chi connectivity index (χ3n) is 6.24. The molecule has 0 aromatic carbocycles. The van der Waals surface area contributed by atoms with Gasteiger partial charge in [-0.25, -0.2) is 4.98 Å². The third kappa shape index (κ3) is 5.43. The van der Waals surface area contributed by atoms with Crippen molar-refractivity contribution in [3.05, 3.63) is 27.5 Å². The van der Waals surface area contributed by atoms with Crippen molar-refractivity contribution < 1.29 is 28.9 Å². The van der Waals surface area contributed by atoms with Crippen LogP contribution in [0, 0.1) is 4.77 Å². The van der Waals surface area contributed by atoms with Crippen LogP contribution in [0.4, 0.5) is 0 Å². The lowest BCUT2D eigenvalue weighted by Gasteiger charge is -2.35. The van der Waals surface area contributed by atoms with Gasteiger partial charge in [-0.1, -0.05) is 20.8 Å². The predicted molar refractivity (Wildman–Crippen MR) is 123 cm³/mol. The lowest BCUT2D eigenvalue weighted by atomic mass is 9.93. The summed E-state index contributed by atoms with van der Waals surface area (Å²) in [6.07, 6.45) is -0.558. The van der Waals surface area contributed by atoms with Gasteiger partial charge in [0, 0.05) is 12.6 Å². The van der Waals surface area contributed by atoms with E-state index in [1.807, 2.05) is 20.8 Å². The van der Waals surface area contributed by atoms with E-state index in [2.05, 4.69) is 15.0 Å². The molecule has 3 rings (SSSR count). The van der Waals surface area contributed by atoms with Gasteiger partial charge in [0.05, 0.1) is 23.6 Å². The number of ether oxygens (including phenoxy) is 1. The second-order valence-corrected chi connectivity index (χ2v) is 11.0. The fraction of sp³-hybridized carbons (Fsp3) is 0.700. The zero-order chi connectivity index (χ0) is 24.6. The number of rotatable bonds is 9. The van der Waals surface area contributed by atoms with E-state index in [0.29, 0.717) is 24.8 Å². The molecule has 0 saturated carbocycles. The van der Waals surface area contributed by atoms with Gasteiger partial charge in [0.1, 0.15) is 17.7 Å². The average molecular weight is 503 g/mol. The van der Waals surface area contributed by atoms with Gasteiger partial charge in [-0.05, 0) is 38.4 Å². The van der Waals surface area contributed by atoms with Crippen LogP contribution in [-0.2, 0) is 13.8 Å². The Morgan fingerprint density at radius 1 is 1.33 bits per heavy atom. The number of H-pyrrole nitrogens is 1. The van der Waals surface area contributed by atoms with Crippen molar-refractivity contribution in [2.24, 2.45) is 0 Å². The van der Waals surface area contributed by atoms with Crippen LogP contribution >= 0.6 is 19.8 Å². The van der Waals surface area contributed by atoms with E-state index >= 15 is 0 Å². The molecule has 0 spiro atoms. The van der Waals surface area contributed by atoms with Crippen molar-refractivity contribution in [2.75, 3.05) is 0 Å². The fourth-order valence-corrected chi connectivity index (χ4v) is 6.20. The second kappa shape index (κ2) is 9.99. The molecule has 1 aliphatic heterocycles. The van der Waals surface area contributed by atoms with Gasteiger partial charge in [0.2, 0.25) is 4.77 Å². The summed E-state index contributed by atoms with van der Waals surface area (Å²) in [6, 6.07) is 0. The van der Waals surface area contributed by atoms with Gasteiger partial charge >= 0.3 is 7.60 Å². The van der Waals surface area contributed by atoms with Gasteiger partial charge < -0.3 is 29.4 Å². The maximum Gasteiger partial charge on any atom is 0.331 e. The summed E-state index contributed by atoms with van der Waals surface area (Å²) in [6.45, 7) is 7.18. The van der Waals surface area contributed by atoms with Crippen LogP contribution in [0.5, 0.6) is 0 Å². The molecule has 0 aliphatic carbocycles. The van der Waals surface area contributed by atoms with Gasteiger partial charge in [0.15, 0.2) is 11.9 Å². The summed E-state index contributed by atoms with van der Waals surface area (Å²) >= 11 is 5.28. The van der Waals surface area contributed by atoms with Crippen molar-refractivity contribution in [2.45, 2.75) is 89.2 Å². The maximum atomic E-state index is 12.9. The number of aliphatic hydroxyl groups is 2. The van der Waals surface area contributed by atoms with Crippen LogP contribution in [0.25, 0.3) is 11.2 Å². The van der Waals surface area contributed by atoms with E-state index < -0.39 is 49.0 Å². The Hall–Kier alpha value is -1.53. The lowest BCUT2D eigenvalue weighted by Crippen LogP contribution is -2.39. The molecule has 11 nitrogen and oxygen atoms in total. The molecule has 0 radical (unpaired) electrons. The second-order valence-electron chi connectivity index (χ2n) is 8.59. The summed E-state index contributed by atoms with van der Waals surface area (Å²) in [5.41, 5.74) is -1.47. The predicted octanol–water partition coefficient (Wildman–Crippen LogP) is 2.42. The van der Waals surface area contributed by atoms with Crippen LogP contribution in [0.15, 0.2) is 17.2 Å². The fourth-order valence-electron chi connectivity index (χ4n) is 4.04. The smallest absolute Gasteiger partial charge is 0.331 e. The van der Waals surface area contributed by atoms with E-state index in [4.69, 9.17) is 21.5 Å². The van der Waals surface area contributed by atoms with Gasteiger partial charge in [-0.15, -0.1) is 0 Å². The highest BCUT2D eigenvalue weighted by atomic mass is 32.1. The molecular weight excluding hydrogens is 471 g/mol. The summed E-state index contributed by atoms with van der Waals surface area (Å²) < 4.78 is 26.0. The largest absolute Gasteiger partial charge is 0.388 e.